The van der Waals surface area contributed by atoms with Crippen LogP contribution in [0, 0.1) is 15.5 Å². The van der Waals surface area contributed by atoms with Gasteiger partial charge < -0.3 is 5.11 Å². The molecule has 0 aliphatic heterocycles. The van der Waals surface area contributed by atoms with Crippen LogP contribution in [0.2, 0.25) is 0 Å². The van der Waals surface area contributed by atoms with Crippen LogP contribution in [0.1, 0.15) is 26.5 Å². The van der Waals surface area contributed by atoms with Crippen molar-refractivity contribution in [3.8, 4) is 0 Å². The summed E-state index contributed by atoms with van der Waals surface area (Å²) < 4.78 is 0. The van der Waals surface area contributed by atoms with Crippen LogP contribution in [0.25, 0.3) is 0 Å². The van der Waals surface area contributed by atoms with E-state index in [4.69, 9.17) is 0 Å². The second-order valence-electron chi connectivity index (χ2n) is 4.85. The fourth-order valence-corrected chi connectivity index (χ4v) is 1.15. The van der Waals surface area contributed by atoms with Crippen LogP contribution in [0.4, 0.5) is 5.69 Å². The van der Waals surface area contributed by atoms with E-state index >= 15 is 0 Å². The molecule has 0 aliphatic rings. The molecule has 0 aliphatic carbocycles. The van der Waals surface area contributed by atoms with E-state index in [-0.39, 0.29) is 11.1 Å². The van der Waals surface area contributed by atoms with Gasteiger partial charge in [0, 0.05) is 18.2 Å². The molecule has 88 valence electrons. The standard InChI is InChI=1S/C11H16N2O3/c1-11(2,3)10(14)6-8-4-5-9(7-12-8)13(15)16/h4-5,7,10,14H,6H2,1-3H3. The lowest BCUT2D eigenvalue weighted by Crippen LogP contribution is -2.28. The molecule has 1 N–H and O–H groups in total. The maximum Gasteiger partial charge on any atom is 0.287 e. The summed E-state index contributed by atoms with van der Waals surface area (Å²) >= 11 is 0. The molecule has 0 spiro atoms. The van der Waals surface area contributed by atoms with Gasteiger partial charge in [0.2, 0.25) is 0 Å². The Labute approximate surface area is 94.3 Å². The molecule has 5 heteroatoms. The monoisotopic (exact) mass is 224 g/mol. The van der Waals surface area contributed by atoms with Crippen molar-refractivity contribution in [2.75, 3.05) is 0 Å². The van der Waals surface area contributed by atoms with Crippen molar-refractivity contribution in [1.82, 2.24) is 4.98 Å². The van der Waals surface area contributed by atoms with Gasteiger partial charge >= 0.3 is 0 Å². The van der Waals surface area contributed by atoms with Gasteiger partial charge in [0.05, 0.1) is 11.0 Å². The minimum Gasteiger partial charge on any atom is -0.392 e. The number of aromatic nitrogens is 1. The number of aliphatic hydroxyl groups excluding tert-OH is 1. The molecular weight excluding hydrogens is 208 g/mol. The van der Waals surface area contributed by atoms with Gasteiger partial charge in [0.15, 0.2) is 0 Å². The molecule has 0 bridgehead atoms. The lowest BCUT2D eigenvalue weighted by molar-refractivity contribution is -0.385. The molecule has 1 heterocycles. The predicted molar refractivity (Wildman–Crippen MR) is 60.1 cm³/mol. The quantitative estimate of drug-likeness (QED) is 0.628. The molecule has 1 unspecified atom stereocenters. The Morgan fingerprint density at radius 3 is 2.50 bits per heavy atom. The number of nitrogens with zero attached hydrogens (tertiary/aromatic N) is 2. The van der Waals surface area contributed by atoms with Gasteiger partial charge in [0.1, 0.15) is 6.20 Å². The third-order valence-electron chi connectivity index (χ3n) is 2.42. The molecule has 1 aromatic rings. The lowest BCUT2D eigenvalue weighted by atomic mass is 9.86. The van der Waals surface area contributed by atoms with Crippen LogP contribution in [0.5, 0.6) is 0 Å². The Morgan fingerprint density at radius 1 is 1.50 bits per heavy atom. The summed E-state index contributed by atoms with van der Waals surface area (Å²) in [6.07, 6.45) is 1.10. The largest absolute Gasteiger partial charge is 0.392 e. The normalized spacial score (nSPS) is 13.5. The highest BCUT2D eigenvalue weighted by molar-refractivity contribution is 5.26. The Hall–Kier alpha value is -1.49. The van der Waals surface area contributed by atoms with Gasteiger partial charge in [-0.05, 0) is 11.5 Å². The second kappa shape index (κ2) is 4.57. The highest BCUT2D eigenvalue weighted by Gasteiger charge is 2.22. The molecule has 0 radical (unpaired) electrons. The van der Waals surface area contributed by atoms with Crippen molar-refractivity contribution >= 4 is 5.69 Å². The molecule has 0 aromatic carbocycles. The van der Waals surface area contributed by atoms with Crippen molar-refractivity contribution < 1.29 is 10.0 Å². The topological polar surface area (TPSA) is 76.3 Å². The van der Waals surface area contributed by atoms with E-state index in [9.17, 15) is 15.2 Å². The van der Waals surface area contributed by atoms with Gasteiger partial charge in [-0.1, -0.05) is 20.8 Å². The molecular formula is C11H16N2O3. The maximum atomic E-state index is 10.4. The zero-order valence-corrected chi connectivity index (χ0v) is 9.67. The van der Waals surface area contributed by atoms with Crippen LogP contribution in [0.15, 0.2) is 18.3 Å². The second-order valence-corrected chi connectivity index (χ2v) is 4.85. The average Bonchev–Trinajstić information content (AvgIpc) is 2.17. The van der Waals surface area contributed by atoms with E-state index in [0.717, 1.165) is 0 Å². The summed E-state index contributed by atoms with van der Waals surface area (Å²) in [7, 11) is 0. The van der Waals surface area contributed by atoms with Gasteiger partial charge in [-0.25, -0.2) is 0 Å². The van der Waals surface area contributed by atoms with Crippen LogP contribution >= 0.6 is 0 Å². The number of hydrogen-bond donors (Lipinski definition) is 1. The van der Waals surface area contributed by atoms with E-state index in [1.165, 1.54) is 12.3 Å². The summed E-state index contributed by atoms with van der Waals surface area (Å²) in [5.74, 6) is 0. The predicted octanol–water partition coefficient (Wildman–Crippen LogP) is 1.94. The summed E-state index contributed by atoms with van der Waals surface area (Å²) in [5.41, 5.74) is 0.408. The minimum atomic E-state index is -0.513. The highest BCUT2D eigenvalue weighted by Crippen LogP contribution is 2.22. The number of hydrogen-bond acceptors (Lipinski definition) is 4. The van der Waals surface area contributed by atoms with Crippen molar-refractivity contribution in [1.29, 1.82) is 0 Å². The summed E-state index contributed by atoms with van der Waals surface area (Å²) in [6, 6.07) is 2.98. The Balaban J connectivity index is 2.73. The SMILES string of the molecule is CC(C)(C)C(O)Cc1ccc([N+](=O)[O-])cn1. The first kappa shape index (κ1) is 12.6. The zero-order chi connectivity index (χ0) is 12.3. The molecule has 1 rings (SSSR count). The van der Waals surface area contributed by atoms with Crippen LogP contribution < -0.4 is 0 Å². The van der Waals surface area contributed by atoms with E-state index in [1.807, 2.05) is 20.8 Å². The van der Waals surface area contributed by atoms with Gasteiger partial charge in [0.25, 0.3) is 5.69 Å². The van der Waals surface area contributed by atoms with E-state index in [0.29, 0.717) is 12.1 Å². The van der Waals surface area contributed by atoms with Gasteiger partial charge in [-0.2, -0.15) is 0 Å². The number of pyridine rings is 1. The molecule has 5 nitrogen and oxygen atoms in total. The maximum absolute atomic E-state index is 10.4. The van der Waals surface area contributed by atoms with Gasteiger partial charge in [-0.3, -0.25) is 15.1 Å². The molecule has 0 amide bonds. The molecule has 0 saturated carbocycles. The smallest absolute Gasteiger partial charge is 0.287 e. The first-order valence-electron chi connectivity index (χ1n) is 5.08. The van der Waals surface area contributed by atoms with Crippen LogP contribution in [-0.4, -0.2) is 21.1 Å². The molecule has 1 atom stereocenters. The third-order valence-corrected chi connectivity index (χ3v) is 2.42. The van der Waals surface area contributed by atoms with Crippen LogP contribution in [-0.2, 0) is 6.42 Å². The Kier molecular flexibility index (Phi) is 3.59. The fourth-order valence-electron chi connectivity index (χ4n) is 1.15. The first-order valence-corrected chi connectivity index (χ1v) is 5.08. The third kappa shape index (κ3) is 3.27. The van der Waals surface area contributed by atoms with E-state index in [1.54, 1.807) is 6.07 Å². The number of aliphatic hydroxyl groups is 1. The van der Waals surface area contributed by atoms with Crippen molar-refractivity contribution in [2.45, 2.75) is 33.3 Å². The minimum absolute atomic E-state index is 0.0333. The molecule has 16 heavy (non-hydrogen) atoms. The summed E-state index contributed by atoms with van der Waals surface area (Å²) in [6.45, 7) is 5.80. The molecule has 0 fully saturated rings. The van der Waals surface area contributed by atoms with E-state index in [2.05, 4.69) is 4.98 Å². The Bertz CT molecular complexity index is 368. The number of nitro groups is 1. The summed E-state index contributed by atoms with van der Waals surface area (Å²) in [5, 5.41) is 20.3. The first-order chi connectivity index (χ1) is 7.30. The van der Waals surface area contributed by atoms with Crippen molar-refractivity contribution in [2.24, 2.45) is 5.41 Å². The summed E-state index contributed by atoms with van der Waals surface area (Å²) in [4.78, 5) is 13.9. The van der Waals surface area contributed by atoms with Gasteiger partial charge in [-0.15, -0.1) is 0 Å². The van der Waals surface area contributed by atoms with Crippen molar-refractivity contribution in [3.63, 3.8) is 0 Å². The zero-order valence-electron chi connectivity index (χ0n) is 9.67. The highest BCUT2D eigenvalue weighted by atomic mass is 16.6. The fraction of sp³-hybridized carbons (Fsp3) is 0.545. The number of rotatable bonds is 3. The average molecular weight is 224 g/mol. The van der Waals surface area contributed by atoms with Crippen molar-refractivity contribution in [3.05, 3.63) is 34.1 Å². The van der Waals surface area contributed by atoms with Crippen LogP contribution in [0.3, 0.4) is 0 Å². The lowest BCUT2D eigenvalue weighted by Gasteiger charge is -2.25. The Morgan fingerprint density at radius 2 is 2.12 bits per heavy atom. The molecule has 1 aromatic heterocycles. The molecule has 0 saturated heterocycles. The van der Waals surface area contributed by atoms with E-state index < -0.39 is 11.0 Å².